The smallest absolute Gasteiger partial charge is 0.253 e. The molecule has 1 amide bonds. The van der Waals surface area contributed by atoms with Gasteiger partial charge in [-0.15, -0.1) is 4.91 Å². The first-order valence-corrected chi connectivity index (χ1v) is 13.9. The van der Waals surface area contributed by atoms with Gasteiger partial charge in [0, 0.05) is 29.7 Å². The van der Waals surface area contributed by atoms with E-state index in [1.165, 1.54) is 19.0 Å². The van der Waals surface area contributed by atoms with Crippen LogP contribution in [-0.2, 0) is 11.8 Å². The molecule has 0 unspecified atom stereocenters. The van der Waals surface area contributed by atoms with Crippen molar-refractivity contribution >= 4 is 22.5 Å². The van der Waals surface area contributed by atoms with Crippen LogP contribution in [0, 0.1) is 10.8 Å². The molecule has 1 saturated heterocycles. The number of carbonyl (C=O) groups is 1. The Labute approximate surface area is 225 Å². The second-order valence-corrected chi connectivity index (χ2v) is 12.1. The third-order valence-electron chi connectivity index (χ3n) is 10.1. The third kappa shape index (κ3) is 3.14. The highest BCUT2D eigenvalue weighted by Crippen LogP contribution is 2.65. The molecular formula is C30H30N4O5. The number of nitrogens with one attached hydrogen (secondary N) is 1. The predicted molar refractivity (Wildman–Crippen MR) is 143 cm³/mol. The number of phenolic OH excluding ortho intramolecular Hbond substituents is 1. The van der Waals surface area contributed by atoms with Crippen LogP contribution in [0.5, 0.6) is 11.5 Å². The molecule has 39 heavy (non-hydrogen) atoms. The fraction of sp³-hybridized carbons (Fsp3) is 0.467. The lowest BCUT2D eigenvalue weighted by Gasteiger charge is -2.64. The third-order valence-corrected chi connectivity index (χ3v) is 10.1. The van der Waals surface area contributed by atoms with Crippen LogP contribution in [0.25, 0.3) is 10.9 Å². The van der Waals surface area contributed by atoms with Crippen LogP contribution >= 0.6 is 0 Å². The van der Waals surface area contributed by atoms with Crippen molar-refractivity contribution in [2.75, 3.05) is 13.1 Å². The molecule has 3 aromatic rings. The van der Waals surface area contributed by atoms with Crippen LogP contribution in [-0.4, -0.2) is 62.9 Å². The molecule has 3 heterocycles. The standard InChI is InChI=1S/C30H30N4O5/c35-23-6-4-18-12-24-30(37)8-7-21(32-28(36)19-11-17-3-5-20(33-38)13-22(17)31-14-19)27-29(30,25(18)26(23)39-27)9-10-34(24)15-16-1-2-16/h3-6,11,13-14,16,21,24,27,35,37H,1-2,7-10,12,15H2,(H,32,36)/t21-,24+,27-,29-,30+/m0/s1. The summed E-state index contributed by atoms with van der Waals surface area (Å²) in [4.78, 5) is 31.2. The Balaban J connectivity index is 1.15. The number of nitroso groups, excluding NO2 is 1. The number of amides is 1. The number of nitrogens with zero attached hydrogens (tertiary/aromatic N) is 3. The predicted octanol–water partition coefficient (Wildman–Crippen LogP) is 3.70. The molecule has 2 aliphatic heterocycles. The Hall–Kier alpha value is -3.56. The number of fused-ring (bicyclic) bond motifs is 1. The van der Waals surface area contributed by atoms with Gasteiger partial charge in [0.15, 0.2) is 11.5 Å². The minimum atomic E-state index is -0.993. The van der Waals surface area contributed by atoms with E-state index in [4.69, 9.17) is 4.74 Å². The van der Waals surface area contributed by atoms with Crippen molar-refractivity contribution in [2.24, 2.45) is 11.1 Å². The maximum Gasteiger partial charge on any atom is 0.253 e. The Kier molecular flexibility index (Phi) is 4.78. The second kappa shape index (κ2) is 7.99. The number of aromatic hydroxyl groups is 1. The molecule has 1 aromatic heterocycles. The van der Waals surface area contributed by atoms with E-state index >= 15 is 0 Å². The average Bonchev–Trinajstić information content (AvgIpc) is 3.69. The van der Waals surface area contributed by atoms with Crippen LogP contribution in [0.2, 0.25) is 0 Å². The van der Waals surface area contributed by atoms with E-state index in [0.29, 0.717) is 29.7 Å². The number of phenols is 1. The molecule has 0 radical (unpaired) electrons. The summed E-state index contributed by atoms with van der Waals surface area (Å²) in [6, 6.07) is 10.0. The van der Waals surface area contributed by atoms with E-state index in [-0.39, 0.29) is 29.4 Å². The monoisotopic (exact) mass is 526 g/mol. The lowest BCUT2D eigenvalue weighted by molar-refractivity contribution is -0.191. The summed E-state index contributed by atoms with van der Waals surface area (Å²) in [6.45, 7) is 1.89. The minimum absolute atomic E-state index is 0.00645. The first kappa shape index (κ1) is 23.3. The highest BCUT2D eigenvalue weighted by molar-refractivity contribution is 5.97. The summed E-state index contributed by atoms with van der Waals surface area (Å²) < 4.78 is 6.55. The number of hydrogen-bond acceptors (Lipinski definition) is 8. The Bertz CT molecular complexity index is 1560. The number of pyridine rings is 1. The van der Waals surface area contributed by atoms with Crippen molar-refractivity contribution in [2.45, 2.75) is 67.7 Å². The van der Waals surface area contributed by atoms with Crippen molar-refractivity contribution in [1.82, 2.24) is 15.2 Å². The van der Waals surface area contributed by atoms with E-state index < -0.39 is 17.1 Å². The van der Waals surface area contributed by atoms with Gasteiger partial charge in [-0.3, -0.25) is 14.7 Å². The zero-order chi connectivity index (χ0) is 26.5. The van der Waals surface area contributed by atoms with Gasteiger partial charge in [0.1, 0.15) is 11.8 Å². The first-order valence-electron chi connectivity index (χ1n) is 13.9. The summed E-state index contributed by atoms with van der Waals surface area (Å²) in [5.74, 6) is 1.02. The molecule has 8 rings (SSSR count). The molecule has 3 aliphatic carbocycles. The van der Waals surface area contributed by atoms with Gasteiger partial charge in [-0.2, -0.15) is 0 Å². The van der Waals surface area contributed by atoms with Gasteiger partial charge >= 0.3 is 0 Å². The number of hydrogen-bond donors (Lipinski definition) is 3. The van der Waals surface area contributed by atoms with Gasteiger partial charge in [-0.25, -0.2) is 0 Å². The van der Waals surface area contributed by atoms with Crippen molar-refractivity contribution in [1.29, 1.82) is 0 Å². The van der Waals surface area contributed by atoms with Crippen LogP contribution in [0.4, 0.5) is 5.69 Å². The SMILES string of the molecule is O=Nc1ccc2cc(C(=O)N[C@H]3CC[C@@]4(O)[C@H]5Cc6ccc(O)c7c6[C@@]4(CCN5CC4CC4)[C@H]3O7)cnc2c1. The number of piperidine rings is 1. The van der Waals surface area contributed by atoms with Crippen molar-refractivity contribution < 1.29 is 19.7 Å². The van der Waals surface area contributed by atoms with E-state index in [2.05, 4.69) is 20.4 Å². The van der Waals surface area contributed by atoms with Crippen LogP contribution in [0.15, 0.2) is 47.8 Å². The van der Waals surface area contributed by atoms with Crippen LogP contribution in [0.3, 0.4) is 0 Å². The Morgan fingerprint density at radius 2 is 2.05 bits per heavy atom. The molecule has 5 atom stereocenters. The molecule has 9 nitrogen and oxygen atoms in total. The van der Waals surface area contributed by atoms with Gasteiger partial charge in [0.2, 0.25) is 0 Å². The molecule has 3 fully saturated rings. The molecule has 3 N–H and O–H groups in total. The van der Waals surface area contributed by atoms with E-state index in [9.17, 15) is 19.9 Å². The van der Waals surface area contributed by atoms with Gasteiger partial charge in [0.25, 0.3) is 5.91 Å². The molecule has 2 bridgehead atoms. The number of rotatable bonds is 5. The van der Waals surface area contributed by atoms with Gasteiger partial charge in [-0.1, -0.05) is 12.1 Å². The minimum Gasteiger partial charge on any atom is -0.504 e. The summed E-state index contributed by atoms with van der Waals surface area (Å²) in [5.41, 5.74) is 1.69. The highest BCUT2D eigenvalue weighted by atomic mass is 16.5. The zero-order valence-electron chi connectivity index (χ0n) is 21.5. The quantitative estimate of drug-likeness (QED) is 0.433. The van der Waals surface area contributed by atoms with E-state index in [1.807, 2.05) is 6.07 Å². The zero-order valence-corrected chi connectivity index (χ0v) is 21.5. The van der Waals surface area contributed by atoms with Crippen LogP contribution in [0.1, 0.15) is 53.6 Å². The number of likely N-dealkylation sites (tertiary alicyclic amines) is 1. The van der Waals surface area contributed by atoms with Crippen LogP contribution < -0.4 is 10.1 Å². The van der Waals surface area contributed by atoms with E-state index in [1.54, 1.807) is 30.3 Å². The number of aliphatic hydroxyl groups is 1. The number of ether oxygens (including phenoxy) is 1. The summed E-state index contributed by atoms with van der Waals surface area (Å²) >= 11 is 0. The van der Waals surface area contributed by atoms with Gasteiger partial charge in [0.05, 0.1) is 28.1 Å². The molecule has 1 spiro atoms. The second-order valence-electron chi connectivity index (χ2n) is 12.1. The normalized spacial score (nSPS) is 32.4. The number of carbonyl (C=O) groups excluding carboxylic acids is 1. The molecule has 5 aliphatic rings. The lowest BCUT2D eigenvalue weighted by Crippen LogP contribution is -2.78. The Morgan fingerprint density at radius 3 is 2.87 bits per heavy atom. The number of aromatic nitrogens is 1. The maximum atomic E-state index is 13.5. The molecule has 2 aromatic carbocycles. The topological polar surface area (TPSA) is 124 Å². The lowest BCUT2D eigenvalue weighted by atomic mass is 9.48. The summed E-state index contributed by atoms with van der Waals surface area (Å²) in [7, 11) is 0. The molecule has 9 heteroatoms. The maximum absolute atomic E-state index is 13.5. The van der Waals surface area contributed by atoms with E-state index in [0.717, 1.165) is 48.4 Å². The van der Waals surface area contributed by atoms with Gasteiger partial charge in [-0.05, 0) is 86.0 Å². The first-order chi connectivity index (χ1) is 18.9. The number of benzene rings is 2. The Morgan fingerprint density at radius 1 is 1.18 bits per heavy atom. The summed E-state index contributed by atoms with van der Waals surface area (Å²) in [6.07, 6.45) is 6.13. The largest absolute Gasteiger partial charge is 0.504 e. The van der Waals surface area contributed by atoms with Crippen molar-refractivity contribution in [3.63, 3.8) is 0 Å². The molecular weight excluding hydrogens is 496 g/mol. The van der Waals surface area contributed by atoms with Crippen molar-refractivity contribution in [3.05, 3.63) is 64.2 Å². The summed E-state index contributed by atoms with van der Waals surface area (Å²) in [5, 5.41) is 30.3. The van der Waals surface area contributed by atoms with Crippen molar-refractivity contribution in [3.8, 4) is 11.5 Å². The van der Waals surface area contributed by atoms with Gasteiger partial charge < -0.3 is 20.3 Å². The fourth-order valence-corrected chi connectivity index (χ4v) is 8.17. The molecule has 200 valence electrons. The fourth-order valence-electron chi connectivity index (χ4n) is 8.17. The average molecular weight is 527 g/mol. The molecule has 2 saturated carbocycles. The highest BCUT2D eigenvalue weighted by Gasteiger charge is 2.73.